The Kier molecular flexibility index (Phi) is 5.11. The molecule has 106 valence electrons. The van der Waals surface area contributed by atoms with E-state index in [2.05, 4.69) is 50.9 Å². The van der Waals surface area contributed by atoms with Crippen molar-refractivity contribution in [1.82, 2.24) is 9.97 Å². The lowest BCUT2D eigenvalue weighted by Gasteiger charge is -2.23. The molecule has 0 saturated carbocycles. The van der Waals surface area contributed by atoms with Crippen molar-refractivity contribution >= 4 is 23.5 Å². The minimum atomic E-state index is -0.0953. The molecule has 0 unspecified atom stereocenters. The van der Waals surface area contributed by atoms with Crippen molar-refractivity contribution in [2.75, 3.05) is 0 Å². The SMILES string of the molecule is CC(C)Sc1cccc(C(C)(C)Sc2ccccn2)n1. The standard InChI is InChI=1S/C16H20N2S2/c1-12(2)19-15-10-7-8-13(18-15)16(3,4)20-14-9-5-6-11-17-14/h5-12H,1-4H3. The van der Waals surface area contributed by atoms with Crippen molar-refractivity contribution in [3.8, 4) is 0 Å². The third-order valence-electron chi connectivity index (χ3n) is 2.69. The van der Waals surface area contributed by atoms with Gasteiger partial charge in [0.15, 0.2) is 0 Å². The zero-order valence-electron chi connectivity index (χ0n) is 12.3. The Morgan fingerprint density at radius 2 is 1.75 bits per heavy atom. The molecule has 20 heavy (non-hydrogen) atoms. The lowest BCUT2D eigenvalue weighted by Crippen LogP contribution is -2.14. The van der Waals surface area contributed by atoms with Crippen molar-refractivity contribution in [3.63, 3.8) is 0 Å². The number of hydrogen-bond donors (Lipinski definition) is 0. The molecule has 0 N–H and O–H groups in total. The van der Waals surface area contributed by atoms with Crippen LogP contribution in [0.5, 0.6) is 0 Å². The second-order valence-electron chi connectivity index (χ2n) is 5.31. The molecular weight excluding hydrogens is 284 g/mol. The molecule has 0 spiro atoms. The molecule has 0 saturated heterocycles. The molecular formula is C16H20N2S2. The van der Waals surface area contributed by atoms with Gasteiger partial charge in [-0.3, -0.25) is 0 Å². The van der Waals surface area contributed by atoms with E-state index < -0.39 is 0 Å². The van der Waals surface area contributed by atoms with E-state index >= 15 is 0 Å². The number of thioether (sulfide) groups is 2. The summed E-state index contributed by atoms with van der Waals surface area (Å²) in [6, 6.07) is 12.3. The first kappa shape index (κ1) is 15.4. The molecule has 0 amide bonds. The van der Waals surface area contributed by atoms with Gasteiger partial charge in [-0.25, -0.2) is 9.97 Å². The van der Waals surface area contributed by atoms with Crippen LogP contribution in [0.3, 0.4) is 0 Å². The van der Waals surface area contributed by atoms with Gasteiger partial charge in [0.05, 0.1) is 20.5 Å². The number of aromatic nitrogens is 2. The van der Waals surface area contributed by atoms with Crippen molar-refractivity contribution in [2.24, 2.45) is 0 Å². The number of pyridine rings is 2. The van der Waals surface area contributed by atoms with E-state index in [-0.39, 0.29) is 4.75 Å². The lowest BCUT2D eigenvalue weighted by atomic mass is 10.1. The van der Waals surface area contributed by atoms with Crippen LogP contribution in [0.15, 0.2) is 52.6 Å². The summed E-state index contributed by atoms with van der Waals surface area (Å²) in [6.45, 7) is 8.76. The number of hydrogen-bond acceptors (Lipinski definition) is 4. The highest BCUT2D eigenvalue weighted by Crippen LogP contribution is 2.39. The van der Waals surface area contributed by atoms with Gasteiger partial charge in [-0.15, -0.1) is 11.8 Å². The molecule has 0 aliphatic heterocycles. The van der Waals surface area contributed by atoms with Crippen LogP contribution in [0.25, 0.3) is 0 Å². The summed E-state index contributed by atoms with van der Waals surface area (Å²) in [5.74, 6) is 0. The highest BCUT2D eigenvalue weighted by atomic mass is 32.2. The Morgan fingerprint density at radius 1 is 1.00 bits per heavy atom. The Labute approximate surface area is 129 Å². The van der Waals surface area contributed by atoms with Gasteiger partial charge in [0, 0.05) is 11.4 Å². The first-order valence-corrected chi connectivity index (χ1v) is 8.41. The lowest BCUT2D eigenvalue weighted by molar-refractivity contribution is 0.730. The van der Waals surface area contributed by atoms with E-state index in [9.17, 15) is 0 Å². The Balaban J connectivity index is 2.20. The van der Waals surface area contributed by atoms with Gasteiger partial charge in [-0.2, -0.15) is 0 Å². The van der Waals surface area contributed by atoms with Crippen molar-refractivity contribution in [2.45, 2.75) is 47.7 Å². The van der Waals surface area contributed by atoms with Crippen LogP contribution in [-0.2, 0) is 4.75 Å². The molecule has 0 atom stereocenters. The average molecular weight is 304 g/mol. The normalized spacial score (nSPS) is 11.8. The quantitative estimate of drug-likeness (QED) is 0.726. The van der Waals surface area contributed by atoms with Crippen LogP contribution in [-0.4, -0.2) is 15.2 Å². The Bertz CT molecular complexity index is 553. The summed E-state index contributed by atoms with van der Waals surface area (Å²) in [7, 11) is 0. The second-order valence-corrected chi connectivity index (χ2v) is 8.55. The second kappa shape index (κ2) is 6.64. The minimum Gasteiger partial charge on any atom is -0.250 e. The molecule has 4 heteroatoms. The topological polar surface area (TPSA) is 25.8 Å². The minimum absolute atomic E-state index is 0.0953. The van der Waals surface area contributed by atoms with E-state index in [0.29, 0.717) is 5.25 Å². The molecule has 2 aromatic heterocycles. The molecule has 0 bridgehead atoms. The molecule has 0 aliphatic carbocycles. The van der Waals surface area contributed by atoms with Crippen LogP contribution in [0, 0.1) is 0 Å². The molecule has 2 rings (SSSR count). The molecule has 2 heterocycles. The van der Waals surface area contributed by atoms with E-state index in [1.54, 1.807) is 23.5 Å². The molecule has 2 aromatic rings. The molecule has 0 radical (unpaired) electrons. The monoisotopic (exact) mass is 304 g/mol. The maximum absolute atomic E-state index is 4.80. The van der Waals surface area contributed by atoms with E-state index in [1.807, 2.05) is 24.4 Å². The fraction of sp³-hybridized carbons (Fsp3) is 0.375. The van der Waals surface area contributed by atoms with Crippen LogP contribution in [0.2, 0.25) is 0 Å². The van der Waals surface area contributed by atoms with Gasteiger partial charge in [-0.1, -0.05) is 37.7 Å². The fourth-order valence-electron chi connectivity index (χ4n) is 1.78. The van der Waals surface area contributed by atoms with Crippen LogP contribution < -0.4 is 0 Å². The van der Waals surface area contributed by atoms with E-state index in [4.69, 9.17) is 4.98 Å². The van der Waals surface area contributed by atoms with Crippen molar-refractivity contribution < 1.29 is 0 Å². The summed E-state index contributed by atoms with van der Waals surface area (Å²) in [4.78, 5) is 9.19. The van der Waals surface area contributed by atoms with Gasteiger partial charge in [0.1, 0.15) is 0 Å². The first-order valence-electron chi connectivity index (χ1n) is 6.71. The first-order chi connectivity index (χ1) is 9.47. The van der Waals surface area contributed by atoms with E-state index in [1.165, 1.54) is 0 Å². The number of rotatable bonds is 5. The molecule has 0 fully saturated rings. The summed E-state index contributed by atoms with van der Waals surface area (Å²) < 4.78 is -0.0953. The predicted molar refractivity (Wildman–Crippen MR) is 88.4 cm³/mol. The van der Waals surface area contributed by atoms with Crippen LogP contribution in [0.1, 0.15) is 33.4 Å². The van der Waals surface area contributed by atoms with Crippen molar-refractivity contribution in [1.29, 1.82) is 0 Å². The van der Waals surface area contributed by atoms with E-state index in [0.717, 1.165) is 15.7 Å². The smallest absolute Gasteiger partial charge is 0.0968 e. The van der Waals surface area contributed by atoms with Gasteiger partial charge < -0.3 is 0 Å². The van der Waals surface area contributed by atoms with Gasteiger partial charge >= 0.3 is 0 Å². The van der Waals surface area contributed by atoms with Gasteiger partial charge in [0.25, 0.3) is 0 Å². The highest BCUT2D eigenvalue weighted by molar-refractivity contribution is 8.00. The maximum Gasteiger partial charge on any atom is 0.0968 e. The third kappa shape index (κ3) is 4.25. The summed E-state index contributed by atoms with van der Waals surface area (Å²) >= 11 is 3.54. The average Bonchev–Trinajstić information content (AvgIpc) is 2.39. The largest absolute Gasteiger partial charge is 0.250 e. The fourth-order valence-corrected chi connectivity index (χ4v) is 3.57. The maximum atomic E-state index is 4.80. The Morgan fingerprint density at radius 3 is 2.40 bits per heavy atom. The summed E-state index contributed by atoms with van der Waals surface area (Å²) in [6.07, 6.45) is 1.83. The van der Waals surface area contributed by atoms with Gasteiger partial charge in [-0.05, 0) is 38.1 Å². The Hall–Kier alpha value is -1.00. The summed E-state index contributed by atoms with van der Waals surface area (Å²) in [5.41, 5.74) is 1.10. The molecule has 2 nitrogen and oxygen atoms in total. The molecule has 0 aliphatic rings. The third-order valence-corrected chi connectivity index (χ3v) is 4.80. The zero-order chi connectivity index (χ0) is 14.6. The predicted octanol–water partition coefficient (Wildman–Crippen LogP) is 5.00. The van der Waals surface area contributed by atoms with Crippen LogP contribution >= 0.6 is 23.5 Å². The molecule has 0 aromatic carbocycles. The van der Waals surface area contributed by atoms with Crippen LogP contribution in [0.4, 0.5) is 0 Å². The highest BCUT2D eigenvalue weighted by Gasteiger charge is 2.24. The zero-order valence-corrected chi connectivity index (χ0v) is 14.0. The summed E-state index contributed by atoms with van der Waals surface area (Å²) in [5, 5.41) is 2.66. The van der Waals surface area contributed by atoms with Crippen molar-refractivity contribution in [3.05, 3.63) is 48.3 Å². The number of nitrogens with zero attached hydrogens (tertiary/aromatic N) is 2. The van der Waals surface area contributed by atoms with Gasteiger partial charge in [0.2, 0.25) is 0 Å².